The quantitative estimate of drug-likeness (QED) is 0.928. The van der Waals surface area contributed by atoms with E-state index in [4.69, 9.17) is 0 Å². The topological polar surface area (TPSA) is 40.5 Å². The highest BCUT2D eigenvalue weighted by Gasteiger charge is 2.38. The van der Waals surface area contributed by atoms with Crippen LogP contribution in [-0.4, -0.2) is 35.6 Å². The summed E-state index contributed by atoms with van der Waals surface area (Å²) in [6.07, 6.45) is 7.37. The number of nitrogens with zero attached hydrogens (tertiary/aromatic N) is 1. The number of hydrogen-bond donors (Lipinski definition) is 1. The van der Waals surface area contributed by atoms with Crippen molar-refractivity contribution in [2.75, 3.05) is 19.7 Å². The number of piperidine rings is 1. The van der Waals surface area contributed by atoms with Gasteiger partial charge in [0.1, 0.15) is 0 Å². The number of hydrogen-bond acceptors (Lipinski definition) is 2. The summed E-state index contributed by atoms with van der Waals surface area (Å²) in [5, 5.41) is 10.0. The summed E-state index contributed by atoms with van der Waals surface area (Å²) in [6, 6.07) is 10.4. The average molecular weight is 301 g/mol. The van der Waals surface area contributed by atoms with E-state index < -0.39 is 0 Å². The van der Waals surface area contributed by atoms with E-state index in [1.807, 2.05) is 23.1 Å². The fraction of sp³-hybridized carbons (Fsp3) is 0.632. The molecular weight excluding hydrogens is 274 g/mol. The lowest BCUT2D eigenvalue weighted by Gasteiger charge is -2.43. The van der Waals surface area contributed by atoms with Crippen LogP contribution in [0.3, 0.4) is 0 Å². The molecule has 1 aromatic rings. The Hall–Kier alpha value is -1.35. The third-order valence-electron chi connectivity index (χ3n) is 5.43. The Morgan fingerprint density at radius 3 is 2.59 bits per heavy atom. The first-order valence-corrected chi connectivity index (χ1v) is 8.66. The number of carbonyl (C=O) groups is 1. The minimum Gasteiger partial charge on any atom is -0.396 e. The van der Waals surface area contributed by atoms with Crippen LogP contribution in [0.25, 0.3) is 0 Å². The van der Waals surface area contributed by atoms with Gasteiger partial charge in [0.05, 0.1) is 6.61 Å². The molecule has 1 N–H and O–H groups in total. The first kappa shape index (κ1) is 15.5. The van der Waals surface area contributed by atoms with E-state index in [1.165, 1.54) is 18.4 Å². The lowest BCUT2D eigenvalue weighted by Crippen LogP contribution is -2.50. The van der Waals surface area contributed by atoms with E-state index in [9.17, 15) is 9.90 Å². The normalized spacial score (nSPS) is 26.3. The maximum atomic E-state index is 12.7. The van der Waals surface area contributed by atoms with Crippen LogP contribution in [0.5, 0.6) is 0 Å². The van der Waals surface area contributed by atoms with Crippen molar-refractivity contribution >= 4 is 5.91 Å². The van der Waals surface area contributed by atoms with Crippen molar-refractivity contribution in [1.82, 2.24) is 4.90 Å². The third kappa shape index (κ3) is 3.35. The summed E-state index contributed by atoms with van der Waals surface area (Å²) in [4.78, 5) is 14.7. The summed E-state index contributed by atoms with van der Waals surface area (Å²) in [5.74, 6) is 0.578. The van der Waals surface area contributed by atoms with Crippen molar-refractivity contribution < 1.29 is 9.90 Å². The zero-order valence-corrected chi connectivity index (χ0v) is 13.3. The number of carbonyl (C=O) groups excluding carboxylic acids is 1. The summed E-state index contributed by atoms with van der Waals surface area (Å²) >= 11 is 0. The molecule has 22 heavy (non-hydrogen) atoms. The number of likely N-dealkylation sites (tertiary alicyclic amines) is 1. The first-order chi connectivity index (χ1) is 10.7. The van der Waals surface area contributed by atoms with Crippen molar-refractivity contribution in [3.63, 3.8) is 0 Å². The SMILES string of the molecule is O=C(C1CCCC1)N1CCCC(CO)(Cc2ccccc2)C1. The van der Waals surface area contributed by atoms with Crippen molar-refractivity contribution in [3.05, 3.63) is 35.9 Å². The number of aliphatic hydroxyl groups is 1. The average Bonchev–Trinajstić information content (AvgIpc) is 3.10. The molecule has 1 amide bonds. The van der Waals surface area contributed by atoms with Crippen molar-refractivity contribution in [2.45, 2.75) is 44.9 Å². The lowest BCUT2D eigenvalue weighted by molar-refractivity contribution is -0.139. The van der Waals surface area contributed by atoms with E-state index in [-0.39, 0.29) is 17.9 Å². The molecule has 1 aliphatic carbocycles. The Bertz CT molecular complexity index is 495. The zero-order chi connectivity index (χ0) is 15.4. The fourth-order valence-corrected chi connectivity index (χ4v) is 4.19. The molecule has 2 fully saturated rings. The Morgan fingerprint density at radius 2 is 1.91 bits per heavy atom. The minimum absolute atomic E-state index is 0.159. The Labute approximate surface area is 133 Å². The number of benzene rings is 1. The van der Waals surface area contributed by atoms with Gasteiger partial charge in [0.25, 0.3) is 0 Å². The van der Waals surface area contributed by atoms with Crippen LogP contribution < -0.4 is 0 Å². The van der Waals surface area contributed by atoms with Gasteiger partial charge in [-0.2, -0.15) is 0 Å². The second-order valence-electron chi connectivity index (χ2n) is 7.17. The van der Waals surface area contributed by atoms with Crippen LogP contribution >= 0.6 is 0 Å². The van der Waals surface area contributed by atoms with Crippen molar-refractivity contribution in [1.29, 1.82) is 0 Å². The molecule has 1 heterocycles. The number of amides is 1. The molecule has 1 atom stereocenters. The molecule has 120 valence electrons. The van der Waals surface area contributed by atoms with Crippen molar-refractivity contribution in [2.24, 2.45) is 11.3 Å². The van der Waals surface area contributed by atoms with Gasteiger partial charge in [-0.3, -0.25) is 4.79 Å². The second kappa shape index (κ2) is 6.82. The van der Waals surface area contributed by atoms with Crippen LogP contribution in [0.2, 0.25) is 0 Å². The van der Waals surface area contributed by atoms with Gasteiger partial charge in [0.15, 0.2) is 0 Å². The van der Waals surface area contributed by atoms with Crippen LogP contribution in [0, 0.1) is 11.3 Å². The molecule has 0 bridgehead atoms. The Balaban J connectivity index is 1.70. The maximum absolute atomic E-state index is 12.7. The number of rotatable bonds is 4. The third-order valence-corrected chi connectivity index (χ3v) is 5.43. The highest BCUT2D eigenvalue weighted by molar-refractivity contribution is 5.79. The van der Waals surface area contributed by atoms with Gasteiger partial charge >= 0.3 is 0 Å². The molecule has 0 spiro atoms. The smallest absolute Gasteiger partial charge is 0.225 e. The predicted octanol–water partition coefficient (Wildman–Crippen LogP) is 3.02. The van der Waals surface area contributed by atoms with E-state index in [0.717, 1.165) is 38.6 Å². The molecule has 0 radical (unpaired) electrons. The van der Waals surface area contributed by atoms with Gasteiger partial charge in [0.2, 0.25) is 5.91 Å². The van der Waals surface area contributed by atoms with Gasteiger partial charge in [-0.15, -0.1) is 0 Å². The molecule has 3 nitrogen and oxygen atoms in total. The molecule has 1 saturated heterocycles. The molecular formula is C19H27NO2. The van der Waals surface area contributed by atoms with Gasteiger partial charge in [0, 0.05) is 24.4 Å². The maximum Gasteiger partial charge on any atom is 0.225 e. The molecule has 0 aromatic heterocycles. The minimum atomic E-state index is -0.159. The van der Waals surface area contributed by atoms with E-state index in [1.54, 1.807) is 0 Å². The monoisotopic (exact) mass is 301 g/mol. The summed E-state index contributed by atoms with van der Waals surface area (Å²) < 4.78 is 0. The zero-order valence-electron chi connectivity index (χ0n) is 13.3. The predicted molar refractivity (Wildman–Crippen MR) is 87.4 cm³/mol. The fourth-order valence-electron chi connectivity index (χ4n) is 4.19. The van der Waals surface area contributed by atoms with Gasteiger partial charge in [-0.25, -0.2) is 0 Å². The van der Waals surface area contributed by atoms with Gasteiger partial charge < -0.3 is 10.0 Å². The largest absolute Gasteiger partial charge is 0.396 e. The highest BCUT2D eigenvalue weighted by Crippen LogP contribution is 2.35. The molecule has 1 saturated carbocycles. The molecule has 2 aliphatic rings. The van der Waals surface area contributed by atoms with Crippen LogP contribution in [0.15, 0.2) is 30.3 Å². The van der Waals surface area contributed by atoms with Crippen LogP contribution in [0.1, 0.15) is 44.1 Å². The number of aliphatic hydroxyl groups excluding tert-OH is 1. The highest BCUT2D eigenvalue weighted by atomic mass is 16.3. The van der Waals surface area contributed by atoms with Crippen molar-refractivity contribution in [3.8, 4) is 0 Å². The second-order valence-corrected chi connectivity index (χ2v) is 7.17. The molecule has 3 rings (SSSR count). The van der Waals surface area contributed by atoms with Crippen LogP contribution in [-0.2, 0) is 11.2 Å². The van der Waals surface area contributed by atoms with E-state index in [0.29, 0.717) is 12.5 Å². The first-order valence-electron chi connectivity index (χ1n) is 8.66. The van der Waals surface area contributed by atoms with Crippen LogP contribution in [0.4, 0.5) is 0 Å². The van der Waals surface area contributed by atoms with Gasteiger partial charge in [-0.05, 0) is 37.7 Å². The Kier molecular flexibility index (Phi) is 4.82. The molecule has 1 aliphatic heterocycles. The summed E-state index contributed by atoms with van der Waals surface area (Å²) in [5.41, 5.74) is 1.10. The lowest BCUT2D eigenvalue weighted by atomic mass is 9.75. The molecule has 3 heteroatoms. The summed E-state index contributed by atoms with van der Waals surface area (Å²) in [7, 11) is 0. The molecule has 1 aromatic carbocycles. The standard InChI is InChI=1S/C19H27NO2/c21-15-19(13-16-7-2-1-3-8-16)11-6-12-20(14-19)18(22)17-9-4-5-10-17/h1-3,7-8,17,21H,4-6,9-15H2. The molecule has 1 unspecified atom stereocenters. The Morgan fingerprint density at radius 1 is 1.18 bits per heavy atom. The van der Waals surface area contributed by atoms with Gasteiger partial charge in [-0.1, -0.05) is 43.2 Å². The van der Waals surface area contributed by atoms with E-state index in [2.05, 4.69) is 12.1 Å². The van der Waals surface area contributed by atoms with E-state index >= 15 is 0 Å². The summed E-state index contributed by atoms with van der Waals surface area (Å²) in [6.45, 7) is 1.75.